The van der Waals surface area contributed by atoms with Gasteiger partial charge < -0.3 is 14.8 Å². The van der Waals surface area contributed by atoms with Crippen molar-refractivity contribution in [1.82, 2.24) is 5.32 Å². The molecule has 1 aromatic carbocycles. The fourth-order valence-electron chi connectivity index (χ4n) is 1.73. The standard InChI is InChI=1S/C11H15NO2/c1-3-12-10-7-14-11-6-8(13-2)4-5-9(10)11/h4-6,10,12H,3,7H2,1-2H3. The fraction of sp³-hybridized carbons (Fsp3) is 0.455. The lowest BCUT2D eigenvalue weighted by molar-refractivity contribution is 0.312. The van der Waals surface area contributed by atoms with Gasteiger partial charge in [0, 0.05) is 11.6 Å². The Hall–Kier alpha value is -1.22. The van der Waals surface area contributed by atoms with Gasteiger partial charge in [-0.25, -0.2) is 0 Å². The molecule has 2 rings (SSSR count). The molecule has 1 atom stereocenters. The fourth-order valence-corrected chi connectivity index (χ4v) is 1.73. The van der Waals surface area contributed by atoms with Gasteiger partial charge in [0.2, 0.25) is 0 Å². The highest BCUT2D eigenvalue weighted by Gasteiger charge is 2.23. The van der Waals surface area contributed by atoms with Crippen LogP contribution in [0.2, 0.25) is 0 Å². The smallest absolute Gasteiger partial charge is 0.127 e. The third kappa shape index (κ3) is 1.55. The van der Waals surface area contributed by atoms with Gasteiger partial charge in [0.1, 0.15) is 18.1 Å². The van der Waals surface area contributed by atoms with Gasteiger partial charge in [0.05, 0.1) is 13.2 Å². The number of rotatable bonds is 3. The molecule has 1 N–H and O–H groups in total. The number of nitrogens with one attached hydrogen (secondary N) is 1. The van der Waals surface area contributed by atoms with Crippen LogP contribution in [0.15, 0.2) is 18.2 Å². The van der Waals surface area contributed by atoms with Crippen molar-refractivity contribution in [3.05, 3.63) is 23.8 Å². The quantitative estimate of drug-likeness (QED) is 0.793. The molecule has 3 nitrogen and oxygen atoms in total. The molecule has 1 aliphatic rings. The van der Waals surface area contributed by atoms with Crippen molar-refractivity contribution in [2.45, 2.75) is 13.0 Å². The minimum atomic E-state index is 0.334. The molecule has 3 heteroatoms. The summed E-state index contributed by atoms with van der Waals surface area (Å²) in [4.78, 5) is 0. The van der Waals surface area contributed by atoms with Crippen molar-refractivity contribution in [3.63, 3.8) is 0 Å². The summed E-state index contributed by atoms with van der Waals surface area (Å²) in [5, 5.41) is 3.37. The number of fused-ring (bicyclic) bond motifs is 1. The molecule has 0 aliphatic carbocycles. The highest BCUT2D eigenvalue weighted by atomic mass is 16.5. The highest BCUT2D eigenvalue weighted by Crippen LogP contribution is 2.34. The van der Waals surface area contributed by atoms with E-state index in [0.29, 0.717) is 6.04 Å². The SMILES string of the molecule is CCNC1COc2cc(OC)ccc21. The Kier molecular flexibility index (Phi) is 2.59. The van der Waals surface area contributed by atoms with E-state index in [0.717, 1.165) is 24.7 Å². The molecule has 0 fully saturated rings. The van der Waals surface area contributed by atoms with Crippen LogP contribution in [0.25, 0.3) is 0 Å². The first-order valence-corrected chi connectivity index (χ1v) is 4.89. The van der Waals surface area contributed by atoms with Crippen molar-refractivity contribution < 1.29 is 9.47 Å². The van der Waals surface area contributed by atoms with Crippen LogP contribution in [-0.2, 0) is 0 Å². The first kappa shape index (κ1) is 9.34. The first-order valence-electron chi connectivity index (χ1n) is 4.89. The molecule has 14 heavy (non-hydrogen) atoms. The molecule has 76 valence electrons. The van der Waals surface area contributed by atoms with E-state index in [9.17, 15) is 0 Å². The van der Waals surface area contributed by atoms with Crippen LogP contribution in [0.1, 0.15) is 18.5 Å². The predicted octanol–water partition coefficient (Wildman–Crippen LogP) is 1.74. The zero-order valence-electron chi connectivity index (χ0n) is 8.54. The summed E-state index contributed by atoms with van der Waals surface area (Å²) in [6, 6.07) is 6.31. The normalized spacial score (nSPS) is 18.9. The number of ether oxygens (including phenoxy) is 2. The molecular formula is C11H15NO2. The topological polar surface area (TPSA) is 30.5 Å². The summed E-state index contributed by atoms with van der Waals surface area (Å²) >= 11 is 0. The van der Waals surface area contributed by atoms with Crippen molar-refractivity contribution in [1.29, 1.82) is 0 Å². The molecule has 0 bridgehead atoms. The Balaban J connectivity index is 2.24. The van der Waals surface area contributed by atoms with E-state index in [1.54, 1.807) is 7.11 Å². The van der Waals surface area contributed by atoms with Crippen LogP contribution in [-0.4, -0.2) is 20.3 Å². The van der Waals surface area contributed by atoms with Crippen molar-refractivity contribution in [2.24, 2.45) is 0 Å². The van der Waals surface area contributed by atoms with E-state index < -0.39 is 0 Å². The van der Waals surface area contributed by atoms with Crippen LogP contribution in [0.4, 0.5) is 0 Å². The number of hydrogen-bond acceptors (Lipinski definition) is 3. The Labute approximate surface area is 84.0 Å². The van der Waals surface area contributed by atoms with E-state index in [4.69, 9.17) is 9.47 Å². The third-order valence-corrected chi connectivity index (χ3v) is 2.45. The van der Waals surface area contributed by atoms with Crippen molar-refractivity contribution in [3.8, 4) is 11.5 Å². The molecule has 1 heterocycles. The van der Waals surface area contributed by atoms with Gasteiger partial charge in [-0.15, -0.1) is 0 Å². The second-order valence-corrected chi connectivity index (χ2v) is 3.33. The molecule has 0 amide bonds. The summed E-state index contributed by atoms with van der Waals surface area (Å²) in [6.45, 7) is 3.78. The van der Waals surface area contributed by atoms with E-state index in [2.05, 4.69) is 18.3 Å². The van der Waals surface area contributed by atoms with Gasteiger partial charge in [-0.05, 0) is 18.7 Å². The molecular weight excluding hydrogens is 178 g/mol. The maximum absolute atomic E-state index is 5.56. The number of hydrogen-bond donors (Lipinski definition) is 1. The summed E-state index contributed by atoms with van der Waals surface area (Å²) in [6.07, 6.45) is 0. The molecule has 0 saturated carbocycles. The maximum Gasteiger partial charge on any atom is 0.127 e. The van der Waals surface area contributed by atoms with Crippen molar-refractivity contribution in [2.75, 3.05) is 20.3 Å². The number of benzene rings is 1. The third-order valence-electron chi connectivity index (χ3n) is 2.45. The van der Waals surface area contributed by atoms with Gasteiger partial charge >= 0.3 is 0 Å². The number of methoxy groups -OCH3 is 1. The Bertz CT molecular complexity index is 325. The summed E-state index contributed by atoms with van der Waals surface area (Å²) in [7, 11) is 1.67. The minimum absolute atomic E-state index is 0.334. The average molecular weight is 193 g/mol. The van der Waals surface area contributed by atoms with Gasteiger partial charge in [-0.1, -0.05) is 6.92 Å². The summed E-state index contributed by atoms with van der Waals surface area (Å²) in [5.41, 5.74) is 1.23. The van der Waals surface area contributed by atoms with E-state index in [1.165, 1.54) is 5.56 Å². The molecule has 0 radical (unpaired) electrons. The lowest BCUT2D eigenvalue weighted by atomic mass is 10.1. The predicted molar refractivity (Wildman–Crippen MR) is 54.9 cm³/mol. The lowest BCUT2D eigenvalue weighted by Gasteiger charge is -2.08. The zero-order valence-corrected chi connectivity index (χ0v) is 8.54. The van der Waals surface area contributed by atoms with Crippen LogP contribution >= 0.6 is 0 Å². The van der Waals surface area contributed by atoms with Crippen LogP contribution < -0.4 is 14.8 Å². The van der Waals surface area contributed by atoms with Gasteiger partial charge in [-0.3, -0.25) is 0 Å². The van der Waals surface area contributed by atoms with Gasteiger partial charge in [-0.2, -0.15) is 0 Å². The van der Waals surface area contributed by atoms with E-state index >= 15 is 0 Å². The molecule has 1 aliphatic heterocycles. The lowest BCUT2D eigenvalue weighted by Crippen LogP contribution is -2.21. The monoisotopic (exact) mass is 193 g/mol. The minimum Gasteiger partial charge on any atom is -0.497 e. The first-order chi connectivity index (χ1) is 6.85. The van der Waals surface area contributed by atoms with Crippen LogP contribution in [0.3, 0.4) is 0 Å². The van der Waals surface area contributed by atoms with E-state index in [1.807, 2.05) is 12.1 Å². The maximum atomic E-state index is 5.56. The molecule has 0 aromatic heterocycles. The Morgan fingerprint density at radius 2 is 2.43 bits per heavy atom. The Morgan fingerprint density at radius 3 is 3.14 bits per heavy atom. The van der Waals surface area contributed by atoms with E-state index in [-0.39, 0.29) is 0 Å². The largest absolute Gasteiger partial charge is 0.497 e. The van der Waals surface area contributed by atoms with Crippen LogP contribution in [0, 0.1) is 0 Å². The van der Waals surface area contributed by atoms with Crippen molar-refractivity contribution >= 4 is 0 Å². The highest BCUT2D eigenvalue weighted by molar-refractivity contribution is 5.44. The summed E-state index contributed by atoms with van der Waals surface area (Å²) in [5.74, 6) is 1.79. The van der Waals surface area contributed by atoms with Gasteiger partial charge in [0.25, 0.3) is 0 Å². The molecule has 0 spiro atoms. The Morgan fingerprint density at radius 1 is 1.57 bits per heavy atom. The number of likely N-dealkylation sites (N-methyl/N-ethyl adjacent to an activating group) is 1. The second kappa shape index (κ2) is 3.88. The molecule has 0 saturated heterocycles. The van der Waals surface area contributed by atoms with Gasteiger partial charge in [0.15, 0.2) is 0 Å². The molecule has 1 aromatic rings. The zero-order chi connectivity index (χ0) is 9.97. The summed E-state index contributed by atoms with van der Waals surface area (Å²) < 4.78 is 10.7. The second-order valence-electron chi connectivity index (χ2n) is 3.33. The molecule has 1 unspecified atom stereocenters. The van der Waals surface area contributed by atoms with Crippen LogP contribution in [0.5, 0.6) is 11.5 Å². The average Bonchev–Trinajstić information content (AvgIpc) is 2.61.